The number of anilines is 3. The average molecular weight is 562 g/mol. The highest BCUT2D eigenvalue weighted by atomic mass is 19.4. The molecule has 1 amide bonds. The molecule has 3 aliphatic rings. The second-order valence-electron chi connectivity index (χ2n) is 10.8. The number of hydrogen-bond acceptors (Lipinski definition) is 8. The molecule has 0 atom stereocenters. The molecule has 13 heteroatoms. The van der Waals surface area contributed by atoms with Gasteiger partial charge in [0.1, 0.15) is 23.9 Å². The van der Waals surface area contributed by atoms with E-state index in [0.717, 1.165) is 30.6 Å². The molecule has 0 aromatic carbocycles. The number of amides is 1. The van der Waals surface area contributed by atoms with E-state index >= 15 is 0 Å². The molecular weight excluding hydrogens is 527 g/mol. The summed E-state index contributed by atoms with van der Waals surface area (Å²) in [5.41, 5.74) is -0.0658. The van der Waals surface area contributed by atoms with Crippen LogP contribution in [0.3, 0.4) is 0 Å². The standard InChI is InChI=1S/C27H34F3N7O3/c1-16(2)36(15-27(28,29)30)25(31)39-14-19-34-22(32-3)21-23(35-19)37(24(38)26(21)11-12-26)20-10-9-18(13-33-20)40-17-7-5-4-6-8-17/h9-10,13,16-17,31H,4-8,11-12,14-15H2,1-3H3,(H,32,34,35). The first-order chi connectivity index (χ1) is 19.0. The molecule has 2 saturated carbocycles. The fourth-order valence-corrected chi connectivity index (χ4v) is 5.41. The molecule has 2 N–H and O–H groups in total. The van der Waals surface area contributed by atoms with Gasteiger partial charge in [-0.3, -0.25) is 10.2 Å². The summed E-state index contributed by atoms with van der Waals surface area (Å²) in [4.78, 5) is 29.6. The number of amidine groups is 1. The molecule has 1 spiro atoms. The third kappa shape index (κ3) is 5.50. The number of aromatic nitrogens is 3. The lowest BCUT2D eigenvalue weighted by Gasteiger charge is -2.29. The quantitative estimate of drug-likeness (QED) is 0.340. The fraction of sp³-hybridized carbons (Fsp3) is 0.593. The number of alkyl halides is 3. The van der Waals surface area contributed by atoms with Crippen molar-refractivity contribution in [2.75, 3.05) is 23.8 Å². The minimum atomic E-state index is -4.49. The number of pyridine rings is 1. The van der Waals surface area contributed by atoms with Crippen LogP contribution in [-0.2, 0) is 21.6 Å². The number of carbonyl (C=O) groups is 1. The van der Waals surface area contributed by atoms with Crippen LogP contribution in [0.2, 0.25) is 0 Å². The predicted molar refractivity (Wildman–Crippen MR) is 142 cm³/mol. The maximum Gasteiger partial charge on any atom is 0.406 e. The summed E-state index contributed by atoms with van der Waals surface area (Å²) in [5, 5.41) is 11.1. The summed E-state index contributed by atoms with van der Waals surface area (Å²) < 4.78 is 50.6. The van der Waals surface area contributed by atoms with Gasteiger partial charge in [-0.15, -0.1) is 0 Å². The Kier molecular flexibility index (Phi) is 7.49. The monoisotopic (exact) mass is 561 g/mol. The number of nitrogens with one attached hydrogen (secondary N) is 2. The van der Waals surface area contributed by atoms with Crippen LogP contribution >= 0.6 is 0 Å². The van der Waals surface area contributed by atoms with Crippen molar-refractivity contribution >= 4 is 29.4 Å². The first kappa shape index (κ1) is 27.9. The molecule has 2 aliphatic carbocycles. The van der Waals surface area contributed by atoms with E-state index in [-0.39, 0.29) is 24.4 Å². The smallest absolute Gasteiger partial charge is 0.406 e. The molecule has 2 aromatic rings. The highest BCUT2D eigenvalue weighted by molar-refractivity contribution is 6.14. The lowest BCUT2D eigenvalue weighted by Crippen LogP contribution is -2.43. The maximum atomic E-state index is 13.7. The number of hydrogen-bond donors (Lipinski definition) is 2. The van der Waals surface area contributed by atoms with Crippen LogP contribution in [0, 0.1) is 5.41 Å². The van der Waals surface area contributed by atoms with Gasteiger partial charge in [0.15, 0.2) is 18.2 Å². The summed E-state index contributed by atoms with van der Waals surface area (Å²) in [7, 11) is 1.68. The van der Waals surface area contributed by atoms with Crippen LogP contribution in [0.5, 0.6) is 5.75 Å². The van der Waals surface area contributed by atoms with Gasteiger partial charge in [-0.25, -0.2) is 19.9 Å². The van der Waals surface area contributed by atoms with E-state index in [1.165, 1.54) is 11.3 Å². The van der Waals surface area contributed by atoms with Crippen molar-refractivity contribution < 1.29 is 27.4 Å². The van der Waals surface area contributed by atoms with E-state index in [1.807, 2.05) is 0 Å². The van der Waals surface area contributed by atoms with E-state index < -0.39 is 30.2 Å². The van der Waals surface area contributed by atoms with Crippen molar-refractivity contribution in [2.24, 2.45) is 0 Å². The summed E-state index contributed by atoms with van der Waals surface area (Å²) in [6, 6.07) is 2.28. The van der Waals surface area contributed by atoms with E-state index in [0.29, 0.717) is 41.6 Å². The van der Waals surface area contributed by atoms with Gasteiger partial charge in [-0.1, -0.05) is 6.42 Å². The molecule has 0 unspecified atom stereocenters. The van der Waals surface area contributed by atoms with Crippen LogP contribution < -0.4 is 15.0 Å². The topological polar surface area (TPSA) is 117 Å². The van der Waals surface area contributed by atoms with Crippen LogP contribution in [0.1, 0.15) is 70.2 Å². The highest BCUT2D eigenvalue weighted by Crippen LogP contribution is 2.60. The third-order valence-corrected chi connectivity index (χ3v) is 7.60. The van der Waals surface area contributed by atoms with Gasteiger partial charge in [0.2, 0.25) is 5.91 Å². The number of carbonyl (C=O) groups excluding carboxylic acids is 1. The molecule has 10 nitrogen and oxygen atoms in total. The Morgan fingerprint density at radius 3 is 2.52 bits per heavy atom. The van der Waals surface area contributed by atoms with Crippen LogP contribution in [0.4, 0.5) is 30.6 Å². The highest BCUT2D eigenvalue weighted by Gasteiger charge is 2.62. The Hall–Kier alpha value is -3.64. The summed E-state index contributed by atoms with van der Waals surface area (Å²) in [6.07, 6.45) is 4.13. The molecular formula is C27H34F3N7O3. The van der Waals surface area contributed by atoms with E-state index in [2.05, 4.69) is 20.3 Å². The Morgan fingerprint density at radius 1 is 1.23 bits per heavy atom. The second kappa shape index (κ2) is 10.7. The van der Waals surface area contributed by atoms with Crippen LogP contribution in [-0.4, -0.2) is 63.7 Å². The molecule has 2 fully saturated rings. The summed E-state index contributed by atoms with van der Waals surface area (Å²) >= 11 is 0. The Bertz CT molecular complexity index is 1260. The number of fused-ring (bicyclic) bond motifs is 2. The Labute approximate surface area is 230 Å². The van der Waals surface area contributed by atoms with Crippen LogP contribution in [0.15, 0.2) is 18.3 Å². The summed E-state index contributed by atoms with van der Waals surface area (Å²) in [5.74, 6) is 1.80. The molecule has 40 heavy (non-hydrogen) atoms. The van der Waals surface area contributed by atoms with Crippen molar-refractivity contribution in [2.45, 2.75) is 89.1 Å². The van der Waals surface area contributed by atoms with Crippen molar-refractivity contribution in [1.82, 2.24) is 19.9 Å². The molecule has 0 radical (unpaired) electrons. The number of ether oxygens (including phenoxy) is 2. The SMILES string of the molecule is CNc1nc(COC(=N)N(CC(F)(F)F)C(C)C)nc2c1C1(CC1)C(=O)N2c1ccc(OC2CCCCC2)cn1. The number of nitrogens with zero attached hydrogens (tertiary/aromatic N) is 5. The van der Waals surface area contributed by atoms with Gasteiger partial charge in [-0.2, -0.15) is 13.2 Å². The molecule has 216 valence electrons. The lowest BCUT2D eigenvalue weighted by atomic mass is 9.98. The maximum absolute atomic E-state index is 13.7. The van der Waals surface area contributed by atoms with Crippen molar-refractivity contribution in [3.8, 4) is 5.75 Å². The average Bonchev–Trinajstić information content (AvgIpc) is 3.68. The lowest BCUT2D eigenvalue weighted by molar-refractivity contribution is -0.142. The number of halogens is 3. The molecule has 0 bridgehead atoms. The van der Waals surface area contributed by atoms with E-state index in [1.54, 1.807) is 39.2 Å². The third-order valence-electron chi connectivity index (χ3n) is 7.60. The second-order valence-corrected chi connectivity index (χ2v) is 10.8. The van der Waals surface area contributed by atoms with Gasteiger partial charge in [-0.05, 0) is 64.5 Å². The zero-order valence-electron chi connectivity index (χ0n) is 22.8. The van der Waals surface area contributed by atoms with Gasteiger partial charge >= 0.3 is 6.18 Å². The molecule has 3 heterocycles. The van der Waals surface area contributed by atoms with Crippen molar-refractivity contribution in [1.29, 1.82) is 5.41 Å². The Morgan fingerprint density at radius 2 is 1.95 bits per heavy atom. The first-order valence-corrected chi connectivity index (χ1v) is 13.6. The minimum absolute atomic E-state index is 0.122. The predicted octanol–water partition coefficient (Wildman–Crippen LogP) is 5.06. The van der Waals surface area contributed by atoms with E-state index in [4.69, 9.17) is 14.9 Å². The number of rotatable bonds is 8. The van der Waals surface area contributed by atoms with E-state index in [9.17, 15) is 18.0 Å². The minimum Gasteiger partial charge on any atom is -0.489 e. The van der Waals surface area contributed by atoms with Crippen LogP contribution in [0.25, 0.3) is 0 Å². The van der Waals surface area contributed by atoms with Gasteiger partial charge < -0.3 is 19.7 Å². The van der Waals surface area contributed by atoms with Gasteiger partial charge in [0, 0.05) is 13.1 Å². The normalized spacial score (nSPS) is 18.2. The first-order valence-electron chi connectivity index (χ1n) is 13.6. The van der Waals surface area contributed by atoms with Gasteiger partial charge in [0.05, 0.1) is 23.3 Å². The van der Waals surface area contributed by atoms with Crippen molar-refractivity contribution in [3.05, 3.63) is 29.7 Å². The molecule has 5 rings (SSSR count). The zero-order valence-corrected chi connectivity index (χ0v) is 22.8. The Balaban J connectivity index is 1.39. The van der Waals surface area contributed by atoms with Crippen molar-refractivity contribution in [3.63, 3.8) is 0 Å². The largest absolute Gasteiger partial charge is 0.489 e. The molecule has 1 aliphatic heterocycles. The fourth-order valence-electron chi connectivity index (χ4n) is 5.41. The van der Waals surface area contributed by atoms with Gasteiger partial charge in [0.25, 0.3) is 6.02 Å². The molecule has 0 saturated heterocycles. The molecule has 2 aromatic heterocycles. The summed E-state index contributed by atoms with van der Waals surface area (Å²) in [6.45, 7) is 1.43. The zero-order chi connectivity index (χ0) is 28.7.